The number of unbranched alkanes of at least 4 members (excludes halogenated alkanes) is 10. The summed E-state index contributed by atoms with van der Waals surface area (Å²) >= 11 is 0. The minimum atomic E-state index is -4.36. The molecule has 4 nitrogen and oxygen atoms in total. The van der Waals surface area contributed by atoms with E-state index in [9.17, 15) is 13.5 Å². The Morgan fingerprint density at radius 2 is 1.33 bits per heavy atom. The summed E-state index contributed by atoms with van der Waals surface area (Å²) in [5, 5.41) is 9.95. The lowest BCUT2D eigenvalue weighted by Crippen LogP contribution is -2.00. The van der Waals surface area contributed by atoms with Crippen molar-refractivity contribution >= 4 is 10.1 Å². The molecule has 5 heteroatoms. The molecule has 0 aliphatic carbocycles. The molecule has 0 aliphatic heterocycles. The highest BCUT2D eigenvalue weighted by Gasteiger charge is 2.17. The molecule has 0 heterocycles. The Morgan fingerprint density at radius 3 is 1.83 bits per heavy atom. The average molecular weight is 357 g/mol. The first kappa shape index (κ1) is 21.0. The van der Waals surface area contributed by atoms with E-state index in [1.165, 1.54) is 63.9 Å². The first-order valence-corrected chi connectivity index (χ1v) is 10.7. The van der Waals surface area contributed by atoms with E-state index in [-0.39, 0.29) is 5.75 Å². The van der Waals surface area contributed by atoms with Crippen molar-refractivity contribution in [3.63, 3.8) is 0 Å². The molecule has 0 spiro atoms. The second kappa shape index (κ2) is 11.5. The Bertz CT molecular complexity index is 567. The van der Waals surface area contributed by atoms with Crippen molar-refractivity contribution in [2.24, 2.45) is 0 Å². The SMILES string of the molecule is CCCCCCCCCCCCCc1cccc(S(=O)(=O)O)c1O. The summed E-state index contributed by atoms with van der Waals surface area (Å²) in [4.78, 5) is -0.400. The van der Waals surface area contributed by atoms with Crippen LogP contribution in [0.3, 0.4) is 0 Å². The highest BCUT2D eigenvalue weighted by atomic mass is 32.2. The Balaban J connectivity index is 2.16. The van der Waals surface area contributed by atoms with E-state index in [0.29, 0.717) is 12.0 Å². The van der Waals surface area contributed by atoms with Crippen LogP contribution in [0.4, 0.5) is 0 Å². The third-order valence-corrected chi connectivity index (χ3v) is 5.30. The van der Waals surface area contributed by atoms with Gasteiger partial charge in [0.25, 0.3) is 10.1 Å². The first-order valence-electron chi connectivity index (χ1n) is 9.25. The van der Waals surface area contributed by atoms with E-state index in [1.807, 2.05) is 0 Å². The lowest BCUT2D eigenvalue weighted by molar-refractivity contribution is 0.436. The van der Waals surface area contributed by atoms with E-state index in [2.05, 4.69) is 6.92 Å². The summed E-state index contributed by atoms with van der Waals surface area (Å²) in [7, 11) is -4.36. The van der Waals surface area contributed by atoms with Crippen LogP contribution < -0.4 is 0 Å². The molecule has 0 fully saturated rings. The zero-order valence-corrected chi connectivity index (χ0v) is 15.7. The van der Waals surface area contributed by atoms with Gasteiger partial charge >= 0.3 is 0 Å². The first-order chi connectivity index (χ1) is 11.5. The summed E-state index contributed by atoms with van der Waals surface area (Å²) in [6.07, 6.45) is 14.4. The number of rotatable bonds is 13. The van der Waals surface area contributed by atoms with Gasteiger partial charge < -0.3 is 5.11 Å². The second-order valence-corrected chi connectivity index (χ2v) is 7.91. The van der Waals surface area contributed by atoms with Gasteiger partial charge in [0, 0.05) is 0 Å². The van der Waals surface area contributed by atoms with E-state index in [1.54, 1.807) is 12.1 Å². The monoisotopic (exact) mass is 356 g/mol. The van der Waals surface area contributed by atoms with Crippen LogP contribution in [-0.2, 0) is 16.5 Å². The maximum absolute atomic E-state index is 11.2. The van der Waals surface area contributed by atoms with Gasteiger partial charge in [0.05, 0.1) is 0 Å². The van der Waals surface area contributed by atoms with Gasteiger partial charge in [-0.3, -0.25) is 4.55 Å². The number of hydrogen-bond acceptors (Lipinski definition) is 3. The van der Waals surface area contributed by atoms with Crippen LogP contribution in [0.5, 0.6) is 5.75 Å². The number of benzene rings is 1. The van der Waals surface area contributed by atoms with Gasteiger partial charge in [-0.1, -0.05) is 83.3 Å². The molecule has 0 unspecified atom stereocenters. The number of para-hydroxylation sites is 1. The number of aryl methyl sites for hydroxylation is 1. The van der Waals surface area contributed by atoms with Crippen molar-refractivity contribution in [3.05, 3.63) is 23.8 Å². The zero-order chi connectivity index (χ0) is 17.8. The van der Waals surface area contributed by atoms with Gasteiger partial charge in [-0.15, -0.1) is 0 Å². The molecule has 0 atom stereocenters. The van der Waals surface area contributed by atoms with Crippen LogP contribution in [0.2, 0.25) is 0 Å². The molecule has 2 N–H and O–H groups in total. The van der Waals surface area contributed by atoms with Gasteiger partial charge in [0.2, 0.25) is 0 Å². The van der Waals surface area contributed by atoms with Crippen LogP contribution in [0, 0.1) is 0 Å². The molecule has 1 rings (SSSR count). The van der Waals surface area contributed by atoms with Crippen LogP contribution in [0.15, 0.2) is 23.1 Å². The maximum Gasteiger partial charge on any atom is 0.298 e. The highest BCUT2D eigenvalue weighted by Crippen LogP contribution is 2.28. The fourth-order valence-electron chi connectivity index (χ4n) is 2.96. The van der Waals surface area contributed by atoms with Crippen molar-refractivity contribution in [2.75, 3.05) is 0 Å². The van der Waals surface area contributed by atoms with Crippen molar-refractivity contribution in [1.29, 1.82) is 0 Å². The molecule has 0 aliphatic rings. The molecule has 0 amide bonds. The van der Waals surface area contributed by atoms with E-state index in [0.717, 1.165) is 12.8 Å². The Labute approximate surface area is 147 Å². The predicted octanol–water partition coefficient (Wildman–Crippen LogP) is 5.49. The maximum atomic E-state index is 11.2. The van der Waals surface area contributed by atoms with Gasteiger partial charge in [-0.05, 0) is 24.5 Å². The third kappa shape index (κ3) is 8.15. The van der Waals surface area contributed by atoms with Crippen LogP contribution in [-0.4, -0.2) is 18.1 Å². The predicted molar refractivity (Wildman–Crippen MR) is 98.1 cm³/mol. The standard InChI is InChI=1S/C19H32O4S/c1-2-3-4-5-6-7-8-9-10-11-12-14-17-15-13-16-18(19(17)20)24(21,22)23/h13,15-16,20H,2-12,14H2,1H3,(H,21,22,23). The Kier molecular flexibility index (Phi) is 10.0. The highest BCUT2D eigenvalue weighted by molar-refractivity contribution is 7.86. The fraction of sp³-hybridized carbons (Fsp3) is 0.684. The molecule has 1 aromatic rings. The normalized spacial score (nSPS) is 11.8. The average Bonchev–Trinajstić information content (AvgIpc) is 2.53. The zero-order valence-electron chi connectivity index (χ0n) is 14.8. The molecular weight excluding hydrogens is 324 g/mol. The van der Waals surface area contributed by atoms with Crippen LogP contribution in [0.1, 0.15) is 83.1 Å². The minimum absolute atomic E-state index is 0.313. The molecule has 1 aromatic carbocycles. The van der Waals surface area contributed by atoms with Gasteiger partial charge in [-0.25, -0.2) is 0 Å². The molecule has 0 bridgehead atoms. The van der Waals surface area contributed by atoms with E-state index >= 15 is 0 Å². The van der Waals surface area contributed by atoms with Gasteiger partial charge in [-0.2, -0.15) is 8.42 Å². The fourth-order valence-corrected chi connectivity index (χ4v) is 3.58. The second-order valence-electron chi connectivity index (χ2n) is 6.52. The van der Waals surface area contributed by atoms with E-state index in [4.69, 9.17) is 4.55 Å². The lowest BCUT2D eigenvalue weighted by Gasteiger charge is -2.08. The quantitative estimate of drug-likeness (QED) is 0.362. The number of phenolic OH excluding ortho intramolecular Hbond substituents is 1. The van der Waals surface area contributed by atoms with Crippen molar-refractivity contribution in [1.82, 2.24) is 0 Å². The summed E-state index contributed by atoms with van der Waals surface area (Å²) in [5.74, 6) is -0.313. The molecular formula is C19H32O4S. The van der Waals surface area contributed by atoms with Crippen LogP contribution >= 0.6 is 0 Å². The van der Waals surface area contributed by atoms with Crippen molar-refractivity contribution in [3.8, 4) is 5.75 Å². The number of aromatic hydroxyl groups is 1. The lowest BCUT2D eigenvalue weighted by atomic mass is 10.0. The number of hydrogen-bond donors (Lipinski definition) is 2. The molecule has 0 aromatic heterocycles. The molecule has 0 saturated heterocycles. The van der Waals surface area contributed by atoms with Gasteiger partial charge in [0.1, 0.15) is 10.6 Å². The summed E-state index contributed by atoms with van der Waals surface area (Å²) in [6.45, 7) is 2.23. The van der Waals surface area contributed by atoms with Crippen molar-refractivity contribution in [2.45, 2.75) is 88.9 Å². The summed E-state index contributed by atoms with van der Waals surface area (Å²) in [6, 6.07) is 4.48. The molecule has 0 radical (unpaired) electrons. The van der Waals surface area contributed by atoms with Crippen molar-refractivity contribution < 1.29 is 18.1 Å². The topological polar surface area (TPSA) is 74.6 Å². The molecule has 24 heavy (non-hydrogen) atoms. The molecule has 0 saturated carbocycles. The molecule has 138 valence electrons. The largest absolute Gasteiger partial charge is 0.506 e. The Hall–Kier alpha value is -1.07. The summed E-state index contributed by atoms with van der Waals surface area (Å²) in [5.41, 5.74) is 0.584. The van der Waals surface area contributed by atoms with Gasteiger partial charge in [0.15, 0.2) is 0 Å². The minimum Gasteiger partial charge on any atom is -0.506 e. The van der Waals surface area contributed by atoms with E-state index < -0.39 is 15.0 Å². The summed E-state index contributed by atoms with van der Waals surface area (Å²) < 4.78 is 31.4. The van der Waals surface area contributed by atoms with Crippen LogP contribution in [0.25, 0.3) is 0 Å². The third-order valence-electron chi connectivity index (χ3n) is 4.41. The Morgan fingerprint density at radius 1 is 0.833 bits per heavy atom. The number of phenols is 1. The smallest absolute Gasteiger partial charge is 0.298 e.